The third-order valence-corrected chi connectivity index (χ3v) is 3.43. The van der Waals surface area contributed by atoms with Crippen molar-refractivity contribution in [1.29, 1.82) is 5.39 Å². The smallest absolute Gasteiger partial charge is 0.409 e. The quantitative estimate of drug-likeness (QED) is 0.599. The molecular weight excluding hydrogens is 214 g/mol. The average molecular weight is 238 g/mol. The predicted molar refractivity (Wildman–Crippen MR) is 68.8 cm³/mol. The molecule has 0 heterocycles. The van der Waals surface area contributed by atoms with Crippen molar-refractivity contribution in [2.75, 3.05) is 6.54 Å². The Kier molecular flexibility index (Phi) is 4.80. The lowest BCUT2D eigenvalue weighted by molar-refractivity contribution is 0.0804. The molecule has 0 unspecified atom stereocenters. The molecule has 0 bridgehead atoms. The van der Waals surface area contributed by atoms with Crippen molar-refractivity contribution in [3.05, 3.63) is 17.1 Å². The van der Waals surface area contributed by atoms with E-state index in [0.29, 0.717) is 5.92 Å². The molecule has 0 spiro atoms. The van der Waals surface area contributed by atoms with Crippen molar-refractivity contribution >= 4 is 0 Å². The van der Waals surface area contributed by atoms with E-state index in [1.165, 1.54) is 32.1 Å². The van der Waals surface area contributed by atoms with Crippen LogP contribution in [-0.4, -0.2) is 22.1 Å². The fourth-order valence-electron chi connectivity index (χ4n) is 2.46. The van der Waals surface area contributed by atoms with E-state index in [1.54, 1.807) is 0 Å². The van der Waals surface area contributed by atoms with E-state index >= 15 is 0 Å². The molecule has 0 aromatic rings. The lowest BCUT2D eigenvalue weighted by Crippen LogP contribution is -2.43. The predicted octanol–water partition coefficient (Wildman–Crippen LogP) is 3.88. The van der Waals surface area contributed by atoms with Gasteiger partial charge in [0.1, 0.15) is 0 Å². The van der Waals surface area contributed by atoms with Gasteiger partial charge in [-0.3, -0.25) is 0 Å². The van der Waals surface area contributed by atoms with Gasteiger partial charge in [-0.05, 0) is 39.5 Å². The number of diazo groups is 1. The second-order valence-electron chi connectivity index (χ2n) is 5.89. The van der Waals surface area contributed by atoms with Gasteiger partial charge in [0.25, 0.3) is 5.88 Å². The van der Waals surface area contributed by atoms with E-state index in [0.717, 1.165) is 12.7 Å². The summed E-state index contributed by atoms with van der Waals surface area (Å²) in [4.78, 5) is 4.83. The molecule has 0 aromatic carbocycles. The van der Waals surface area contributed by atoms with Gasteiger partial charge in [0.2, 0.25) is 5.39 Å². The summed E-state index contributed by atoms with van der Waals surface area (Å²) in [5, 5.41) is 18.4. The minimum atomic E-state index is -0.164. The fraction of sp³-hybridized carbons (Fsp3) is 0.846. The molecule has 17 heavy (non-hydrogen) atoms. The molecule has 0 aliphatic heterocycles. The third kappa shape index (κ3) is 4.26. The molecule has 0 atom stereocenters. The fourth-order valence-corrected chi connectivity index (χ4v) is 2.46. The molecule has 0 radical (unpaired) electrons. The first-order chi connectivity index (χ1) is 7.95. The molecule has 1 N–H and O–H groups in total. The highest BCUT2D eigenvalue weighted by Crippen LogP contribution is 2.28. The Morgan fingerprint density at radius 3 is 2.41 bits per heavy atom. The van der Waals surface area contributed by atoms with Crippen LogP contribution in [0.4, 0.5) is 0 Å². The van der Waals surface area contributed by atoms with Gasteiger partial charge in [0, 0.05) is 12.1 Å². The van der Waals surface area contributed by atoms with Crippen LogP contribution in [0.5, 0.6) is 0 Å². The van der Waals surface area contributed by atoms with Crippen molar-refractivity contribution in [3.63, 3.8) is 0 Å². The van der Waals surface area contributed by atoms with E-state index in [-0.39, 0.29) is 11.4 Å². The van der Waals surface area contributed by atoms with E-state index in [1.807, 2.05) is 4.90 Å². The average Bonchev–Trinajstić information content (AvgIpc) is 2.26. The summed E-state index contributed by atoms with van der Waals surface area (Å²) in [6, 6.07) is 0. The molecule has 4 nitrogen and oxygen atoms in total. The first-order valence-corrected chi connectivity index (χ1v) is 6.46. The van der Waals surface area contributed by atoms with Crippen LogP contribution in [0.1, 0.15) is 52.9 Å². The molecule has 0 amide bonds. The highest BCUT2D eigenvalue weighted by molar-refractivity contribution is 5.00. The summed E-state index contributed by atoms with van der Waals surface area (Å²) >= 11 is 0. The maximum absolute atomic E-state index is 9.91. The lowest BCUT2D eigenvalue weighted by Gasteiger charge is -2.38. The second-order valence-corrected chi connectivity index (χ2v) is 5.89. The van der Waals surface area contributed by atoms with Crippen LogP contribution in [0, 0.1) is 11.3 Å². The van der Waals surface area contributed by atoms with Crippen molar-refractivity contribution in [3.8, 4) is 0 Å². The van der Waals surface area contributed by atoms with Gasteiger partial charge in [-0.2, -0.15) is 0 Å². The van der Waals surface area contributed by atoms with Crippen molar-refractivity contribution in [2.45, 2.75) is 58.4 Å². The largest absolute Gasteiger partial charge is 0.489 e. The minimum absolute atomic E-state index is 0.0468. The summed E-state index contributed by atoms with van der Waals surface area (Å²) in [6.45, 7) is 6.99. The first kappa shape index (κ1) is 13.8. The van der Waals surface area contributed by atoms with Gasteiger partial charge < -0.3 is 10.0 Å². The summed E-state index contributed by atoms with van der Waals surface area (Å²) in [7, 11) is 0. The van der Waals surface area contributed by atoms with Gasteiger partial charge in [-0.25, -0.2) is 0 Å². The zero-order valence-corrected chi connectivity index (χ0v) is 11.2. The maximum Gasteiger partial charge on any atom is 0.409 e. The monoisotopic (exact) mass is 238 g/mol. The van der Waals surface area contributed by atoms with Gasteiger partial charge in [0.05, 0.1) is 0 Å². The van der Waals surface area contributed by atoms with Crippen LogP contribution in [0.2, 0.25) is 0 Å². The summed E-state index contributed by atoms with van der Waals surface area (Å²) in [6.07, 6.45) is 7.48. The molecule has 1 aliphatic carbocycles. The number of hydrogen-bond acceptors (Lipinski definition) is 3. The highest BCUT2D eigenvalue weighted by Gasteiger charge is 2.28. The van der Waals surface area contributed by atoms with E-state index in [4.69, 9.17) is 5.39 Å². The Hall–Kier alpha value is -1.24. The topological polar surface area (TPSA) is 51.6 Å². The van der Waals surface area contributed by atoms with Crippen molar-refractivity contribution in [2.24, 2.45) is 5.92 Å². The van der Waals surface area contributed by atoms with Gasteiger partial charge in [0.15, 0.2) is 4.98 Å². The Bertz CT molecular complexity index is 306. The molecule has 1 saturated carbocycles. The Morgan fingerprint density at radius 2 is 1.94 bits per heavy atom. The molecular formula is C13H24N3O+. The summed E-state index contributed by atoms with van der Waals surface area (Å²) in [5.74, 6) is 0.683. The Balaban J connectivity index is 2.70. The number of hydrogen-bond donors (Lipinski definition) is 1. The third-order valence-electron chi connectivity index (χ3n) is 3.43. The van der Waals surface area contributed by atoms with Crippen LogP contribution in [0.25, 0.3) is 4.98 Å². The van der Waals surface area contributed by atoms with Crippen LogP contribution >= 0.6 is 0 Å². The number of aliphatic hydroxyl groups is 1. The van der Waals surface area contributed by atoms with Crippen LogP contribution in [0.15, 0.2) is 12.1 Å². The molecule has 96 valence electrons. The number of rotatable bonds is 3. The highest BCUT2D eigenvalue weighted by atomic mass is 16.3. The second kappa shape index (κ2) is 5.90. The summed E-state index contributed by atoms with van der Waals surface area (Å²) < 4.78 is 0. The minimum Gasteiger partial charge on any atom is -0.489 e. The van der Waals surface area contributed by atoms with E-state index in [2.05, 4.69) is 25.7 Å². The Labute approximate surface area is 104 Å². The van der Waals surface area contributed by atoms with Gasteiger partial charge >= 0.3 is 6.20 Å². The zero-order chi connectivity index (χ0) is 12.9. The summed E-state index contributed by atoms with van der Waals surface area (Å²) in [5.41, 5.74) is -0.164. The molecule has 1 fully saturated rings. The first-order valence-electron chi connectivity index (χ1n) is 6.46. The lowest BCUT2D eigenvalue weighted by atomic mass is 9.88. The van der Waals surface area contributed by atoms with Crippen LogP contribution < -0.4 is 0 Å². The van der Waals surface area contributed by atoms with E-state index < -0.39 is 0 Å². The Morgan fingerprint density at radius 1 is 1.35 bits per heavy atom. The van der Waals surface area contributed by atoms with Gasteiger partial charge in [-0.1, -0.05) is 19.3 Å². The number of aliphatic hydroxyl groups excluding tert-OH is 1. The maximum atomic E-state index is 9.91. The van der Waals surface area contributed by atoms with E-state index in [9.17, 15) is 5.11 Å². The van der Waals surface area contributed by atoms with Gasteiger partial charge in [-0.15, -0.1) is 0 Å². The molecule has 1 rings (SSSR count). The SMILES string of the molecule is CC(C)(C)N(CC1CCCCC1)/C(O)=C/[N+]#N. The van der Waals surface area contributed by atoms with Crippen LogP contribution in [-0.2, 0) is 0 Å². The number of nitrogens with zero attached hydrogens (tertiary/aromatic N) is 3. The van der Waals surface area contributed by atoms with Crippen LogP contribution in [0.3, 0.4) is 0 Å². The molecule has 4 heteroatoms. The molecule has 0 aromatic heterocycles. The normalized spacial score (nSPS) is 18.8. The molecule has 1 aliphatic rings. The standard InChI is InChI=1S/C13H23N3O/c1-13(2,3)16(12(17)9-15-14)10-11-7-5-4-6-8-11/h9,11H,4-8,10H2,1-3H3/p+1/b12-9-. The van der Waals surface area contributed by atoms with Crippen molar-refractivity contribution < 1.29 is 5.11 Å². The van der Waals surface area contributed by atoms with Crippen molar-refractivity contribution in [1.82, 2.24) is 4.90 Å². The zero-order valence-electron chi connectivity index (χ0n) is 11.2. The molecule has 0 saturated heterocycles.